The second-order valence-corrected chi connectivity index (χ2v) is 16.1. The molecule has 0 saturated carbocycles. The third-order valence-electron chi connectivity index (χ3n) is 12.5. The molecule has 3 heteroatoms. The molecule has 2 aromatic heterocycles. The Bertz CT molecular complexity index is 3410. The van der Waals surface area contributed by atoms with Crippen molar-refractivity contribution in [3.63, 3.8) is 0 Å². The number of nitrogens with zero attached hydrogens (tertiary/aromatic N) is 1. The van der Waals surface area contributed by atoms with E-state index in [0.29, 0.717) is 0 Å². The van der Waals surface area contributed by atoms with Gasteiger partial charge in [0.25, 0.3) is 0 Å². The van der Waals surface area contributed by atoms with Crippen molar-refractivity contribution in [1.29, 1.82) is 0 Å². The van der Waals surface area contributed by atoms with E-state index in [4.69, 9.17) is 4.42 Å². The van der Waals surface area contributed by atoms with E-state index in [2.05, 4.69) is 193 Å². The topological polar surface area (TPSA) is 16.4 Å². The Morgan fingerprint density at radius 3 is 1.80 bits per heavy atom. The van der Waals surface area contributed by atoms with Crippen LogP contribution in [0.25, 0.3) is 75.1 Å². The Morgan fingerprint density at radius 2 is 1.00 bits per heavy atom. The number of thiophene rings is 1. The number of para-hydroxylation sites is 2. The lowest BCUT2D eigenvalue weighted by Crippen LogP contribution is -2.26. The lowest BCUT2D eigenvalue weighted by atomic mass is 9.70. The fourth-order valence-corrected chi connectivity index (χ4v) is 11.6. The Hall–Kier alpha value is -6.94. The first kappa shape index (κ1) is 30.4. The van der Waals surface area contributed by atoms with Crippen LogP contribution in [0.2, 0.25) is 0 Å². The number of furan rings is 1. The van der Waals surface area contributed by atoms with Crippen LogP contribution in [0.15, 0.2) is 192 Å². The largest absolute Gasteiger partial charge is 0.454 e. The van der Waals surface area contributed by atoms with E-state index in [1.807, 2.05) is 11.3 Å². The summed E-state index contributed by atoms with van der Waals surface area (Å²) in [7, 11) is 0. The number of fused-ring (bicyclic) bond motifs is 18. The summed E-state index contributed by atoms with van der Waals surface area (Å²) in [5.74, 6) is 0. The van der Waals surface area contributed by atoms with Crippen molar-refractivity contribution < 1.29 is 4.42 Å². The molecule has 2 aliphatic rings. The SMILES string of the molecule is c1ccc2c(c1)-c1ccccc1C21c2ccccc2-c2c(N(c3cccc4c3oc3ccccc34)c3cc4ccccc4c4c3sc3ccccc34)cccc21. The predicted octanol–water partition coefficient (Wildman–Crippen LogP) is 14.9. The van der Waals surface area contributed by atoms with E-state index in [1.54, 1.807) is 0 Å². The van der Waals surface area contributed by atoms with Crippen molar-refractivity contribution in [3.05, 3.63) is 210 Å². The molecule has 0 N–H and O–H groups in total. The highest BCUT2D eigenvalue weighted by Gasteiger charge is 2.52. The van der Waals surface area contributed by atoms with E-state index in [1.165, 1.54) is 75.5 Å². The van der Waals surface area contributed by atoms with E-state index in [-0.39, 0.29) is 0 Å². The monoisotopic (exact) mass is 729 g/mol. The molecular formula is C53H31NOS. The van der Waals surface area contributed by atoms with Crippen LogP contribution in [0.5, 0.6) is 0 Å². The average molecular weight is 730 g/mol. The Balaban J connectivity index is 1.21. The fourth-order valence-electron chi connectivity index (χ4n) is 10.3. The van der Waals surface area contributed by atoms with Gasteiger partial charge in [-0.05, 0) is 80.0 Å². The molecule has 1 spiro atoms. The molecule has 9 aromatic carbocycles. The van der Waals surface area contributed by atoms with Crippen LogP contribution in [0.4, 0.5) is 17.1 Å². The number of benzene rings is 9. The van der Waals surface area contributed by atoms with Gasteiger partial charge < -0.3 is 9.32 Å². The van der Waals surface area contributed by atoms with Gasteiger partial charge in [0.15, 0.2) is 5.58 Å². The molecule has 0 unspecified atom stereocenters. The first-order valence-electron chi connectivity index (χ1n) is 19.3. The summed E-state index contributed by atoms with van der Waals surface area (Å²) in [5.41, 5.74) is 15.1. The molecule has 13 rings (SSSR count). The summed E-state index contributed by atoms with van der Waals surface area (Å²) >= 11 is 1.88. The number of anilines is 3. The molecular weight excluding hydrogens is 699 g/mol. The highest BCUT2D eigenvalue weighted by molar-refractivity contribution is 7.26. The molecule has 0 radical (unpaired) electrons. The van der Waals surface area contributed by atoms with Crippen LogP contribution in [0, 0.1) is 0 Å². The number of hydrogen-bond donors (Lipinski definition) is 0. The quantitative estimate of drug-likeness (QED) is 0.180. The molecule has 2 aliphatic carbocycles. The Kier molecular flexibility index (Phi) is 6.01. The fraction of sp³-hybridized carbons (Fsp3) is 0.0189. The summed E-state index contributed by atoms with van der Waals surface area (Å²) in [6.45, 7) is 0. The highest BCUT2D eigenvalue weighted by atomic mass is 32.1. The molecule has 2 nitrogen and oxygen atoms in total. The zero-order chi connectivity index (χ0) is 36.5. The maximum Gasteiger partial charge on any atom is 0.159 e. The number of rotatable bonds is 3. The van der Waals surface area contributed by atoms with Crippen molar-refractivity contribution in [1.82, 2.24) is 0 Å². The Morgan fingerprint density at radius 1 is 0.429 bits per heavy atom. The lowest BCUT2D eigenvalue weighted by Gasteiger charge is -2.32. The zero-order valence-electron chi connectivity index (χ0n) is 30.2. The van der Waals surface area contributed by atoms with Gasteiger partial charge in [0.1, 0.15) is 5.58 Å². The average Bonchev–Trinajstić information content (AvgIpc) is 4.00. The summed E-state index contributed by atoms with van der Waals surface area (Å²) in [5, 5.41) is 7.30. The lowest BCUT2D eigenvalue weighted by molar-refractivity contribution is 0.669. The summed E-state index contributed by atoms with van der Waals surface area (Å²) in [4.78, 5) is 2.52. The minimum atomic E-state index is -0.456. The summed E-state index contributed by atoms with van der Waals surface area (Å²) in [6.07, 6.45) is 0. The second kappa shape index (κ2) is 11.1. The smallest absolute Gasteiger partial charge is 0.159 e. The molecule has 0 amide bonds. The molecule has 0 fully saturated rings. The highest BCUT2D eigenvalue weighted by Crippen LogP contribution is 2.65. The zero-order valence-corrected chi connectivity index (χ0v) is 31.0. The van der Waals surface area contributed by atoms with Gasteiger partial charge in [0, 0.05) is 31.8 Å². The van der Waals surface area contributed by atoms with Crippen LogP contribution >= 0.6 is 11.3 Å². The van der Waals surface area contributed by atoms with Gasteiger partial charge >= 0.3 is 0 Å². The maximum absolute atomic E-state index is 6.90. The van der Waals surface area contributed by atoms with Gasteiger partial charge in [-0.1, -0.05) is 158 Å². The van der Waals surface area contributed by atoms with Crippen molar-refractivity contribution in [2.24, 2.45) is 0 Å². The normalized spacial score (nSPS) is 13.5. The van der Waals surface area contributed by atoms with Gasteiger partial charge in [-0.15, -0.1) is 11.3 Å². The van der Waals surface area contributed by atoms with Crippen molar-refractivity contribution in [2.75, 3.05) is 4.90 Å². The summed E-state index contributed by atoms with van der Waals surface area (Å²) < 4.78 is 9.44. The molecule has 0 aliphatic heterocycles. The van der Waals surface area contributed by atoms with E-state index >= 15 is 0 Å². The van der Waals surface area contributed by atoms with Crippen molar-refractivity contribution >= 4 is 81.3 Å². The van der Waals surface area contributed by atoms with Crippen molar-refractivity contribution in [2.45, 2.75) is 5.41 Å². The maximum atomic E-state index is 6.90. The predicted molar refractivity (Wildman–Crippen MR) is 235 cm³/mol. The summed E-state index contributed by atoms with van der Waals surface area (Å²) in [6, 6.07) is 69.4. The minimum absolute atomic E-state index is 0.456. The van der Waals surface area contributed by atoms with E-state index in [9.17, 15) is 0 Å². The van der Waals surface area contributed by atoms with Crippen LogP contribution in [0.1, 0.15) is 22.3 Å². The molecule has 56 heavy (non-hydrogen) atoms. The molecule has 2 heterocycles. The molecule has 0 atom stereocenters. The van der Waals surface area contributed by atoms with Crippen LogP contribution in [0.3, 0.4) is 0 Å². The minimum Gasteiger partial charge on any atom is -0.454 e. The Labute approximate surface area is 327 Å². The van der Waals surface area contributed by atoms with Crippen LogP contribution in [-0.2, 0) is 5.41 Å². The number of hydrogen-bond acceptors (Lipinski definition) is 3. The first-order valence-corrected chi connectivity index (χ1v) is 20.1. The van der Waals surface area contributed by atoms with E-state index < -0.39 is 5.41 Å². The standard InChI is InChI=1S/C53H31NOS/c1-2-16-33-32(15-1)31-46(52-49(33)39-21-7-12-30-48(39)56-52)54(45-28-13-22-37-36-19-6-11-29-47(36)55-51(37)45)44-27-14-26-43-50(44)38-20-5-10-25-42(38)53(43)40-23-8-3-17-34(40)35-18-4-9-24-41(35)53/h1-31H. The first-order chi connectivity index (χ1) is 27.8. The van der Waals surface area contributed by atoms with E-state index in [0.717, 1.165) is 39.0 Å². The molecule has 11 aromatic rings. The third-order valence-corrected chi connectivity index (χ3v) is 13.6. The van der Waals surface area contributed by atoms with Gasteiger partial charge in [0.05, 0.1) is 27.2 Å². The van der Waals surface area contributed by atoms with Gasteiger partial charge in [0.2, 0.25) is 0 Å². The van der Waals surface area contributed by atoms with Gasteiger partial charge in [-0.3, -0.25) is 0 Å². The molecule has 260 valence electrons. The third kappa shape index (κ3) is 3.75. The van der Waals surface area contributed by atoms with Crippen LogP contribution < -0.4 is 4.90 Å². The van der Waals surface area contributed by atoms with Crippen molar-refractivity contribution in [3.8, 4) is 22.3 Å². The van der Waals surface area contributed by atoms with Gasteiger partial charge in [-0.25, -0.2) is 0 Å². The second-order valence-electron chi connectivity index (χ2n) is 15.1. The van der Waals surface area contributed by atoms with Gasteiger partial charge in [-0.2, -0.15) is 0 Å². The molecule has 0 bridgehead atoms. The van der Waals surface area contributed by atoms with Crippen LogP contribution in [-0.4, -0.2) is 0 Å². The molecule has 0 saturated heterocycles.